The van der Waals surface area contributed by atoms with Crippen LogP contribution in [0.3, 0.4) is 0 Å². The van der Waals surface area contributed by atoms with Gasteiger partial charge in [0.1, 0.15) is 5.78 Å². The molecule has 0 spiro atoms. The molecule has 0 bridgehead atoms. The highest BCUT2D eigenvalue weighted by molar-refractivity contribution is 5.88. The highest BCUT2D eigenvalue weighted by Crippen LogP contribution is 2.19. The van der Waals surface area contributed by atoms with Gasteiger partial charge in [0.2, 0.25) is 17.7 Å². The van der Waals surface area contributed by atoms with Crippen LogP contribution >= 0.6 is 0 Å². The summed E-state index contributed by atoms with van der Waals surface area (Å²) in [7, 11) is 0. The zero-order chi connectivity index (χ0) is 29.8. The number of hydrogen-bond donors (Lipinski definition) is 3. The lowest BCUT2D eigenvalue weighted by Gasteiger charge is -2.22. The van der Waals surface area contributed by atoms with Crippen molar-refractivity contribution >= 4 is 34.3 Å². The van der Waals surface area contributed by atoms with Gasteiger partial charge in [-0.2, -0.15) is 0 Å². The third kappa shape index (κ3) is 11.2. The summed E-state index contributed by atoms with van der Waals surface area (Å²) in [6.45, 7) is 7.86. The molecule has 0 heterocycles. The van der Waals surface area contributed by atoms with Gasteiger partial charge >= 0.3 is 0 Å². The third-order valence-corrected chi connectivity index (χ3v) is 6.85. The summed E-state index contributed by atoms with van der Waals surface area (Å²) in [5, 5.41) is 11.0. The highest BCUT2D eigenvalue weighted by Gasteiger charge is 2.25. The Morgan fingerprint density at radius 1 is 0.780 bits per heavy atom. The van der Waals surface area contributed by atoms with E-state index in [1.165, 1.54) is 0 Å². The molecule has 41 heavy (non-hydrogen) atoms. The van der Waals surface area contributed by atoms with Gasteiger partial charge < -0.3 is 16.0 Å². The predicted molar refractivity (Wildman–Crippen MR) is 163 cm³/mol. The number of fused-ring (bicyclic) bond motifs is 1. The minimum absolute atomic E-state index is 0.0225. The van der Waals surface area contributed by atoms with Crippen molar-refractivity contribution in [3.8, 4) is 0 Å². The fraction of sp³-hybridized carbons (Fsp3) is 0.412. The van der Waals surface area contributed by atoms with E-state index in [-0.39, 0.29) is 54.7 Å². The summed E-state index contributed by atoms with van der Waals surface area (Å²) in [6, 6.07) is 23.3. The number of Topliss-reactive ketones (excluding diaryl/α,β-unsaturated/α-hetero) is 1. The van der Waals surface area contributed by atoms with E-state index in [1.54, 1.807) is 6.92 Å². The lowest BCUT2D eigenvalue weighted by Crippen LogP contribution is -2.42. The van der Waals surface area contributed by atoms with Crippen molar-refractivity contribution in [1.29, 1.82) is 0 Å². The molecule has 3 amide bonds. The lowest BCUT2D eigenvalue weighted by atomic mass is 9.92. The highest BCUT2D eigenvalue weighted by atomic mass is 16.2. The summed E-state index contributed by atoms with van der Waals surface area (Å²) in [4.78, 5) is 51.2. The zero-order valence-corrected chi connectivity index (χ0v) is 24.7. The fourth-order valence-corrected chi connectivity index (χ4v) is 4.82. The van der Waals surface area contributed by atoms with Gasteiger partial charge in [0.15, 0.2) is 0 Å². The molecule has 218 valence electrons. The molecule has 7 nitrogen and oxygen atoms in total. The van der Waals surface area contributed by atoms with Crippen molar-refractivity contribution in [2.75, 3.05) is 0 Å². The number of carbonyl (C=O) groups excluding carboxylic acids is 4. The van der Waals surface area contributed by atoms with Crippen LogP contribution in [-0.2, 0) is 32.1 Å². The molecule has 0 unspecified atom stereocenters. The maximum atomic E-state index is 13.2. The normalized spacial score (nSPS) is 12.8. The maximum absolute atomic E-state index is 13.2. The van der Waals surface area contributed by atoms with E-state index in [0.29, 0.717) is 19.4 Å². The van der Waals surface area contributed by atoms with Gasteiger partial charge in [-0.05, 0) is 62.4 Å². The van der Waals surface area contributed by atoms with Gasteiger partial charge in [-0.25, -0.2) is 0 Å². The monoisotopic (exact) mass is 557 g/mol. The smallest absolute Gasteiger partial charge is 0.223 e. The number of carbonyl (C=O) groups is 4. The SMILES string of the molecule is C[C@@H](CC(=O)NCc1cccc2ccccc12)NC(=O)[C@H](CCC(=O)NC(C)(C)C)CC(=O)CCc1ccccc1. The zero-order valence-electron chi connectivity index (χ0n) is 24.7. The lowest BCUT2D eigenvalue weighted by molar-refractivity contribution is -0.131. The summed E-state index contributed by atoms with van der Waals surface area (Å²) < 4.78 is 0. The first-order chi connectivity index (χ1) is 19.5. The summed E-state index contributed by atoms with van der Waals surface area (Å²) in [6.07, 6.45) is 1.49. The van der Waals surface area contributed by atoms with Crippen molar-refractivity contribution in [2.24, 2.45) is 5.92 Å². The number of ketones is 1. The Kier molecular flexibility index (Phi) is 11.6. The second-order valence-electron chi connectivity index (χ2n) is 11.8. The van der Waals surface area contributed by atoms with E-state index in [1.807, 2.05) is 93.6 Å². The molecular weight excluding hydrogens is 514 g/mol. The first kappa shape index (κ1) is 31.5. The van der Waals surface area contributed by atoms with Crippen LogP contribution in [0.2, 0.25) is 0 Å². The average molecular weight is 558 g/mol. The second kappa shape index (κ2) is 15.1. The van der Waals surface area contributed by atoms with E-state index in [0.717, 1.165) is 21.9 Å². The molecule has 2 atom stereocenters. The minimum atomic E-state index is -0.648. The van der Waals surface area contributed by atoms with E-state index in [2.05, 4.69) is 16.0 Å². The largest absolute Gasteiger partial charge is 0.353 e. The van der Waals surface area contributed by atoms with Crippen LogP contribution in [0.15, 0.2) is 72.8 Å². The Hall–Kier alpha value is -4.00. The van der Waals surface area contributed by atoms with Crippen LogP contribution < -0.4 is 16.0 Å². The Labute approximate surface area is 243 Å². The molecule has 0 aliphatic heterocycles. The molecule has 3 N–H and O–H groups in total. The first-order valence-corrected chi connectivity index (χ1v) is 14.4. The van der Waals surface area contributed by atoms with Crippen molar-refractivity contribution in [3.05, 3.63) is 83.9 Å². The third-order valence-electron chi connectivity index (χ3n) is 6.85. The van der Waals surface area contributed by atoms with Gasteiger partial charge in [-0.1, -0.05) is 72.8 Å². The van der Waals surface area contributed by atoms with E-state index < -0.39 is 12.0 Å². The standard InChI is InChI=1S/C34H43N3O4/c1-24(21-32(40)35-23-28-15-10-14-26-13-8-9-16-30(26)28)36-33(41)27(18-20-31(39)37-34(2,3)4)22-29(38)19-17-25-11-6-5-7-12-25/h5-16,24,27H,17-23H2,1-4H3,(H,35,40)(H,36,41)(H,37,39)/t24-,27+/m0/s1. The summed E-state index contributed by atoms with van der Waals surface area (Å²) in [5.41, 5.74) is 1.71. The van der Waals surface area contributed by atoms with E-state index >= 15 is 0 Å². The number of hydrogen-bond acceptors (Lipinski definition) is 4. The number of rotatable bonds is 14. The molecule has 0 radical (unpaired) electrons. The van der Waals surface area contributed by atoms with Crippen LogP contribution in [0, 0.1) is 5.92 Å². The summed E-state index contributed by atoms with van der Waals surface area (Å²) >= 11 is 0. The Bertz CT molecular complexity index is 1330. The molecule has 3 aromatic carbocycles. The van der Waals surface area contributed by atoms with Crippen molar-refractivity contribution in [1.82, 2.24) is 16.0 Å². The van der Waals surface area contributed by atoms with Crippen LogP contribution in [0.5, 0.6) is 0 Å². The molecule has 0 aliphatic carbocycles. The first-order valence-electron chi connectivity index (χ1n) is 14.4. The Morgan fingerprint density at radius 2 is 1.46 bits per heavy atom. The summed E-state index contributed by atoms with van der Waals surface area (Å²) in [5.74, 6) is -1.31. The maximum Gasteiger partial charge on any atom is 0.223 e. The van der Waals surface area contributed by atoms with Gasteiger partial charge in [0, 0.05) is 49.7 Å². The van der Waals surface area contributed by atoms with Crippen LogP contribution in [0.25, 0.3) is 10.8 Å². The Balaban J connectivity index is 1.54. The van der Waals surface area contributed by atoms with Crippen LogP contribution in [0.1, 0.15) is 70.9 Å². The fourth-order valence-electron chi connectivity index (χ4n) is 4.82. The van der Waals surface area contributed by atoms with Gasteiger partial charge in [-0.15, -0.1) is 0 Å². The van der Waals surface area contributed by atoms with Crippen LogP contribution in [0.4, 0.5) is 0 Å². The van der Waals surface area contributed by atoms with Gasteiger partial charge in [0.25, 0.3) is 0 Å². The number of benzene rings is 3. The number of aryl methyl sites for hydroxylation is 1. The van der Waals surface area contributed by atoms with Gasteiger partial charge in [-0.3, -0.25) is 19.2 Å². The number of nitrogens with one attached hydrogen (secondary N) is 3. The average Bonchev–Trinajstić information content (AvgIpc) is 2.92. The molecule has 0 fully saturated rings. The predicted octanol–water partition coefficient (Wildman–Crippen LogP) is 5.25. The van der Waals surface area contributed by atoms with Crippen molar-refractivity contribution < 1.29 is 19.2 Å². The van der Waals surface area contributed by atoms with Crippen molar-refractivity contribution in [2.45, 2.75) is 84.3 Å². The molecule has 0 saturated carbocycles. The van der Waals surface area contributed by atoms with E-state index in [4.69, 9.17) is 0 Å². The molecular formula is C34H43N3O4. The molecule has 0 saturated heterocycles. The topological polar surface area (TPSA) is 104 Å². The molecule has 0 aliphatic rings. The molecule has 0 aromatic heterocycles. The van der Waals surface area contributed by atoms with Crippen LogP contribution in [-0.4, -0.2) is 35.1 Å². The Morgan fingerprint density at radius 3 is 2.20 bits per heavy atom. The van der Waals surface area contributed by atoms with Gasteiger partial charge in [0.05, 0.1) is 0 Å². The van der Waals surface area contributed by atoms with Crippen molar-refractivity contribution in [3.63, 3.8) is 0 Å². The molecule has 3 rings (SSSR count). The molecule has 7 heteroatoms. The molecule has 3 aromatic rings. The second-order valence-corrected chi connectivity index (χ2v) is 11.8. The van der Waals surface area contributed by atoms with E-state index in [9.17, 15) is 19.2 Å². The quantitative estimate of drug-likeness (QED) is 0.252. The minimum Gasteiger partial charge on any atom is -0.353 e. The number of amides is 3.